The zero-order valence-electron chi connectivity index (χ0n) is 14.2. The van der Waals surface area contributed by atoms with E-state index >= 15 is 0 Å². The number of nitrogens with one attached hydrogen (secondary N) is 1. The molecular weight excluding hydrogens is 314 g/mol. The minimum atomic E-state index is -0.437. The Morgan fingerprint density at radius 1 is 1.43 bits per heavy atom. The third-order valence-corrected chi connectivity index (χ3v) is 4.27. The lowest BCUT2D eigenvalue weighted by atomic mass is 10.1. The second-order valence-corrected chi connectivity index (χ2v) is 7.62. The second kappa shape index (κ2) is 8.61. The van der Waals surface area contributed by atoms with Gasteiger partial charge in [0.15, 0.2) is 0 Å². The first-order valence-corrected chi connectivity index (χ1v) is 9.00. The van der Waals surface area contributed by atoms with Gasteiger partial charge in [-0.3, -0.25) is 0 Å². The van der Waals surface area contributed by atoms with E-state index in [1.165, 1.54) is 0 Å². The molecule has 130 valence electrons. The minimum Gasteiger partial charge on any atom is -0.444 e. The normalized spacial score (nSPS) is 16.6. The first kappa shape index (κ1) is 18.2. The molecule has 1 saturated heterocycles. The lowest BCUT2D eigenvalue weighted by molar-refractivity contribution is -0.0104. The molecule has 0 spiro atoms. The predicted molar refractivity (Wildman–Crippen MR) is 90.6 cm³/mol. The van der Waals surface area contributed by atoms with Crippen LogP contribution >= 0.6 is 11.3 Å². The van der Waals surface area contributed by atoms with E-state index in [1.807, 2.05) is 32.3 Å². The van der Waals surface area contributed by atoms with Crippen molar-refractivity contribution in [3.05, 3.63) is 16.6 Å². The van der Waals surface area contributed by atoms with E-state index in [0.29, 0.717) is 19.7 Å². The van der Waals surface area contributed by atoms with Gasteiger partial charge in [0.2, 0.25) is 0 Å². The van der Waals surface area contributed by atoms with E-state index in [-0.39, 0.29) is 12.2 Å². The Hall–Kier alpha value is -1.18. The second-order valence-electron chi connectivity index (χ2n) is 6.64. The highest BCUT2D eigenvalue weighted by Gasteiger charge is 2.26. The summed E-state index contributed by atoms with van der Waals surface area (Å²) < 4.78 is 11.3. The molecule has 0 atom stereocenters. The maximum atomic E-state index is 12.0. The Labute approximate surface area is 142 Å². The number of carbonyl (C=O) groups excluding carboxylic acids is 1. The van der Waals surface area contributed by atoms with Crippen LogP contribution in [-0.4, -0.2) is 53.9 Å². The molecule has 0 aromatic carbocycles. The highest BCUT2D eigenvalue weighted by atomic mass is 32.1. The van der Waals surface area contributed by atoms with Gasteiger partial charge in [-0.1, -0.05) is 0 Å². The van der Waals surface area contributed by atoms with Crippen LogP contribution < -0.4 is 5.32 Å². The molecule has 7 heteroatoms. The van der Waals surface area contributed by atoms with Gasteiger partial charge in [0.25, 0.3) is 0 Å². The summed E-state index contributed by atoms with van der Waals surface area (Å²) >= 11 is 1.65. The summed E-state index contributed by atoms with van der Waals surface area (Å²) in [4.78, 5) is 18.0. The summed E-state index contributed by atoms with van der Waals surface area (Å²) in [5.41, 5.74) is -0.437. The molecule has 1 fully saturated rings. The molecule has 23 heavy (non-hydrogen) atoms. The predicted octanol–water partition coefficient (Wildman–Crippen LogP) is 2.65. The number of rotatable bonds is 6. The maximum Gasteiger partial charge on any atom is 0.410 e. The van der Waals surface area contributed by atoms with E-state index in [9.17, 15) is 4.79 Å². The van der Waals surface area contributed by atoms with E-state index in [4.69, 9.17) is 9.47 Å². The van der Waals surface area contributed by atoms with Crippen molar-refractivity contribution >= 4 is 17.4 Å². The third-order valence-electron chi connectivity index (χ3n) is 3.49. The lowest BCUT2D eigenvalue weighted by Crippen LogP contribution is -2.43. The average Bonchev–Trinajstić information content (AvgIpc) is 2.99. The third kappa shape index (κ3) is 6.85. The van der Waals surface area contributed by atoms with Crippen molar-refractivity contribution in [3.8, 4) is 0 Å². The van der Waals surface area contributed by atoms with Gasteiger partial charge in [0, 0.05) is 37.8 Å². The van der Waals surface area contributed by atoms with Gasteiger partial charge in [-0.25, -0.2) is 9.78 Å². The van der Waals surface area contributed by atoms with Crippen LogP contribution in [0.2, 0.25) is 0 Å². The number of ether oxygens (including phenoxy) is 2. The number of piperidine rings is 1. The molecule has 1 aromatic rings. The monoisotopic (exact) mass is 341 g/mol. The molecular formula is C16H27N3O3S. The quantitative estimate of drug-likeness (QED) is 0.806. The van der Waals surface area contributed by atoms with Crippen LogP contribution in [0.1, 0.15) is 38.6 Å². The number of thiazole rings is 1. The largest absolute Gasteiger partial charge is 0.444 e. The van der Waals surface area contributed by atoms with E-state index in [0.717, 1.165) is 30.9 Å². The number of amides is 1. The fraction of sp³-hybridized carbons (Fsp3) is 0.750. The molecule has 6 nitrogen and oxygen atoms in total. The summed E-state index contributed by atoms with van der Waals surface area (Å²) in [6, 6.07) is 0. The first-order chi connectivity index (χ1) is 10.9. The fourth-order valence-corrected chi connectivity index (χ4v) is 2.95. The molecule has 0 unspecified atom stereocenters. The standard InChI is InChI=1S/C16H27N3O3S/c1-16(2,3)22-15(20)19-8-4-13(5-9-19)21-10-6-17-12-14-18-7-11-23-14/h7,11,13,17H,4-6,8-10,12H2,1-3H3. The summed E-state index contributed by atoms with van der Waals surface area (Å²) in [7, 11) is 0. The number of hydrogen-bond acceptors (Lipinski definition) is 6. The minimum absolute atomic E-state index is 0.221. The van der Waals surface area contributed by atoms with Gasteiger partial charge in [0.1, 0.15) is 10.6 Å². The van der Waals surface area contributed by atoms with Crippen molar-refractivity contribution in [2.45, 2.75) is 51.9 Å². The van der Waals surface area contributed by atoms with Crippen LogP contribution in [0.5, 0.6) is 0 Å². The van der Waals surface area contributed by atoms with Gasteiger partial charge in [-0.2, -0.15) is 0 Å². The number of carbonyl (C=O) groups is 1. The summed E-state index contributed by atoms with van der Waals surface area (Å²) in [6.45, 7) is 9.35. The molecule has 1 aromatic heterocycles. The SMILES string of the molecule is CC(C)(C)OC(=O)N1CCC(OCCNCc2nccs2)CC1. The zero-order valence-corrected chi connectivity index (χ0v) is 15.0. The molecule has 0 aliphatic carbocycles. The fourth-order valence-electron chi connectivity index (χ4n) is 2.36. The van der Waals surface area contributed by atoms with E-state index in [2.05, 4.69) is 10.3 Å². The Balaban J connectivity index is 1.55. The van der Waals surface area contributed by atoms with E-state index < -0.39 is 5.60 Å². The molecule has 2 heterocycles. The summed E-state index contributed by atoms with van der Waals surface area (Å²) in [6.07, 6.45) is 3.56. The zero-order chi connectivity index (χ0) is 16.7. The highest BCUT2D eigenvalue weighted by molar-refractivity contribution is 7.09. The summed E-state index contributed by atoms with van der Waals surface area (Å²) in [5.74, 6) is 0. The van der Waals surface area contributed by atoms with Crippen LogP contribution in [0.4, 0.5) is 4.79 Å². The molecule has 1 aliphatic rings. The lowest BCUT2D eigenvalue weighted by Gasteiger charge is -2.33. The van der Waals surface area contributed by atoms with Gasteiger partial charge >= 0.3 is 6.09 Å². The van der Waals surface area contributed by atoms with Crippen molar-refractivity contribution < 1.29 is 14.3 Å². The summed E-state index contributed by atoms with van der Waals surface area (Å²) in [5, 5.41) is 6.39. The number of hydrogen-bond donors (Lipinski definition) is 1. The van der Waals surface area contributed by atoms with Gasteiger partial charge in [-0.15, -0.1) is 11.3 Å². The molecule has 1 amide bonds. The molecule has 0 saturated carbocycles. The topological polar surface area (TPSA) is 63.7 Å². The van der Waals surface area contributed by atoms with Crippen LogP contribution in [0.15, 0.2) is 11.6 Å². The highest BCUT2D eigenvalue weighted by Crippen LogP contribution is 2.17. The van der Waals surface area contributed by atoms with Crippen molar-refractivity contribution in [1.29, 1.82) is 0 Å². The van der Waals surface area contributed by atoms with Crippen LogP contribution in [0.25, 0.3) is 0 Å². The molecule has 1 N–H and O–H groups in total. The van der Waals surface area contributed by atoms with Crippen molar-refractivity contribution in [1.82, 2.24) is 15.2 Å². The molecule has 2 rings (SSSR count). The first-order valence-electron chi connectivity index (χ1n) is 8.12. The van der Waals surface area contributed by atoms with Gasteiger partial charge in [0.05, 0.1) is 12.7 Å². The smallest absolute Gasteiger partial charge is 0.410 e. The number of aromatic nitrogens is 1. The Kier molecular flexibility index (Phi) is 6.80. The van der Waals surface area contributed by atoms with Gasteiger partial charge < -0.3 is 19.7 Å². The van der Waals surface area contributed by atoms with Crippen LogP contribution in [0, 0.1) is 0 Å². The average molecular weight is 341 g/mol. The van der Waals surface area contributed by atoms with E-state index in [1.54, 1.807) is 16.2 Å². The Bertz CT molecular complexity index is 465. The number of nitrogens with zero attached hydrogens (tertiary/aromatic N) is 2. The van der Waals surface area contributed by atoms with Crippen molar-refractivity contribution in [3.63, 3.8) is 0 Å². The Morgan fingerprint density at radius 3 is 2.78 bits per heavy atom. The Morgan fingerprint density at radius 2 is 2.17 bits per heavy atom. The molecule has 1 aliphatic heterocycles. The van der Waals surface area contributed by atoms with Gasteiger partial charge in [-0.05, 0) is 33.6 Å². The van der Waals surface area contributed by atoms with Crippen LogP contribution in [-0.2, 0) is 16.0 Å². The van der Waals surface area contributed by atoms with Crippen molar-refractivity contribution in [2.24, 2.45) is 0 Å². The van der Waals surface area contributed by atoms with Crippen molar-refractivity contribution in [2.75, 3.05) is 26.2 Å². The molecule has 0 radical (unpaired) electrons. The maximum absolute atomic E-state index is 12.0. The van der Waals surface area contributed by atoms with Crippen LogP contribution in [0.3, 0.4) is 0 Å². The number of likely N-dealkylation sites (tertiary alicyclic amines) is 1. The molecule has 0 bridgehead atoms.